The number of nitrogens with one attached hydrogen (secondary N) is 2. The molecule has 7 nitrogen and oxygen atoms in total. The third kappa shape index (κ3) is 8.09. The number of ether oxygens (including phenoxy) is 2. The number of rotatable bonds is 9. The van der Waals surface area contributed by atoms with E-state index in [9.17, 15) is 14.4 Å². The van der Waals surface area contributed by atoms with Crippen LogP contribution in [0.15, 0.2) is 18.2 Å². The molecule has 0 saturated carbocycles. The van der Waals surface area contributed by atoms with Crippen molar-refractivity contribution in [2.45, 2.75) is 26.4 Å². The standard InChI is InChI=1S/C16H20Cl2N2O5/c1-3-6-19-14(21)8-20-15(22)9-24-16(23)10(2)25-13-5-4-11(17)7-12(13)18/h4-5,7,10H,3,6,8-9H2,1-2H3,(H,19,21)(H,20,22)/t10-/m1/s1. The molecule has 0 aliphatic carbocycles. The summed E-state index contributed by atoms with van der Waals surface area (Å²) in [7, 11) is 0. The Balaban J connectivity index is 2.35. The van der Waals surface area contributed by atoms with Gasteiger partial charge in [-0.15, -0.1) is 0 Å². The molecule has 1 rings (SSSR count). The minimum Gasteiger partial charge on any atom is -0.477 e. The lowest BCUT2D eigenvalue weighted by Gasteiger charge is -2.15. The van der Waals surface area contributed by atoms with Crippen LogP contribution >= 0.6 is 23.2 Å². The number of halogens is 2. The molecule has 9 heteroatoms. The van der Waals surface area contributed by atoms with Crippen LogP contribution in [0.25, 0.3) is 0 Å². The summed E-state index contributed by atoms with van der Waals surface area (Å²) >= 11 is 11.7. The zero-order chi connectivity index (χ0) is 18.8. The SMILES string of the molecule is CCCNC(=O)CNC(=O)COC(=O)[C@@H](C)Oc1ccc(Cl)cc1Cl. The van der Waals surface area contributed by atoms with E-state index in [1.54, 1.807) is 6.07 Å². The van der Waals surface area contributed by atoms with Crippen LogP contribution in [0.2, 0.25) is 10.0 Å². The lowest BCUT2D eigenvalue weighted by molar-refractivity contribution is -0.154. The fourth-order valence-corrected chi connectivity index (χ4v) is 2.07. The number of esters is 1. The molecule has 0 radical (unpaired) electrons. The Hall–Kier alpha value is -1.99. The van der Waals surface area contributed by atoms with Gasteiger partial charge in [-0.2, -0.15) is 0 Å². The number of hydrogen-bond donors (Lipinski definition) is 2. The van der Waals surface area contributed by atoms with Crippen LogP contribution in [0, 0.1) is 0 Å². The summed E-state index contributed by atoms with van der Waals surface area (Å²) in [4.78, 5) is 34.7. The molecule has 0 aliphatic rings. The predicted octanol–water partition coefficient (Wildman–Crippen LogP) is 1.95. The molecule has 1 atom stereocenters. The topological polar surface area (TPSA) is 93.7 Å². The van der Waals surface area contributed by atoms with E-state index in [-0.39, 0.29) is 23.2 Å². The highest BCUT2D eigenvalue weighted by Crippen LogP contribution is 2.28. The van der Waals surface area contributed by atoms with Gasteiger partial charge in [0.2, 0.25) is 5.91 Å². The maximum Gasteiger partial charge on any atom is 0.347 e. The van der Waals surface area contributed by atoms with Crippen molar-refractivity contribution in [1.82, 2.24) is 10.6 Å². The molecule has 0 fully saturated rings. The second-order valence-corrected chi connectivity index (χ2v) is 5.91. The van der Waals surface area contributed by atoms with Crippen LogP contribution < -0.4 is 15.4 Å². The molecule has 2 N–H and O–H groups in total. The molecule has 1 aromatic carbocycles. The van der Waals surface area contributed by atoms with Gasteiger partial charge in [0.15, 0.2) is 12.7 Å². The van der Waals surface area contributed by atoms with Crippen LogP contribution in [0.5, 0.6) is 5.75 Å². The molecule has 2 amide bonds. The number of carbonyl (C=O) groups is 3. The minimum atomic E-state index is -0.973. The summed E-state index contributed by atoms with van der Waals surface area (Å²) in [6, 6.07) is 4.57. The summed E-state index contributed by atoms with van der Waals surface area (Å²) in [6.07, 6.45) is -0.174. The number of hydrogen-bond acceptors (Lipinski definition) is 5. The first-order chi connectivity index (χ1) is 11.8. The Morgan fingerprint density at radius 1 is 1.16 bits per heavy atom. The summed E-state index contributed by atoms with van der Waals surface area (Å²) in [5, 5.41) is 5.64. The summed E-state index contributed by atoms with van der Waals surface area (Å²) in [5.74, 6) is -1.36. The van der Waals surface area contributed by atoms with Crippen molar-refractivity contribution < 1.29 is 23.9 Å². The Morgan fingerprint density at radius 3 is 2.52 bits per heavy atom. The van der Waals surface area contributed by atoms with Gasteiger partial charge in [-0.25, -0.2) is 4.79 Å². The van der Waals surface area contributed by atoms with Gasteiger partial charge in [0.1, 0.15) is 5.75 Å². The molecule has 0 bridgehead atoms. The van der Waals surface area contributed by atoms with Gasteiger partial charge in [-0.1, -0.05) is 30.1 Å². The Kier molecular flexibility index (Phi) is 9.08. The van der Waals surface area contributed by atoms with Gasteiger partial charge in [0, 0.05) is 11.6 Å². The molecular formula is C16H20Cl2N2O5. The summed E-state index contributed by atoms with van der Waals surface area (Å²) < 4.78 is 10.2. The van der Waals surface area contributed by atoms with Crippen LogP contribution in [0.1, 0.15) is 20.3 Å². The smallest absolute Gasteiger partial charge is 0.347 e. The van der Waals surface area contributed by atoms with Crippen molar-refractivity contribution >= 4 is 41.0 Å². The van der Waals surface area contributed by atoms with E-state index in [1.807, 2.05) is 6.92 Å². The van der Waals surface area contributed by atoms with E-state index in [4.69, 9.17) is 32.7 Å². The average molecular weight is 391 g/mol. The molecule has 0 unspecified atom stereocenters. The van der Waals surface area contributed by atoms with E-state index in [2.05, 4.69) is 10.6 Å². The van der Waals surface area contributed by atoms with Crippen molar-refractivity contribution in [2.24, 2.45) is 0 Å². The zero-order valence-electron chi connectivity index (χ0n) is 13.9. The molecule has 0 spiro atoms. The van der Waals surface area contributed by atoms with E-state index >= 15 is 0 Å². The Bertz CT molecular complexity index is 625. The van der Waals surface area contributed by atoms with Crippen molar-refractivity contribution in [2.75, 3.05) is 19.7 Å². The highest BCUT2D eigenvalue weighted by Gasteiger charge is 2.19. The molecule has 0 saturated heterocycles. The highest BCUT2D eigenvalue weighted by atomic mass is 35.5. The fourth-order valence-electron chi connectivity index (χ4n) is 1.62. The van der Waals surface area contributed by atoms with Gasteiger partial charge in [-0.05, 0) is 31.5 Å². The Morgan fingerprint density at radius 2 is 1.88 bits per heavy atom. The monoisotopic (exact) mass is 390 g/mol. The van der Waals surface area contributed by atoms with Crippen molar-refractivity contribution in [1.29, 1.82) is 0 Å². The summed E-state index contributed by atoms with van der Waals surface area (Å²) in [6.45, 7) is 3.22. The molecule has 0 aliphatic heterocycles. The highest BCUT2D eigenvalue weighted by molar-refractivity contribution is 6.35. The third-order valence-corrected chi connectivity index (χ3v) is 3.42. The first-order valence-electron chi connectivity index (χ1n) is 7.65. The van der Waals surface area contributed by atoms with E-state index in [0.717, 1.165) is 6.42 Å². The first-order valence-corrected chi connectivity index (χ1v) is 8.40. The van der Waals surface area contributed by atoms with Crippen molar-refractivity contribution in [3.05, 3.63) is 28.2 Å². The number of amides is 2. The molecule has 25 heavy (non-hydrogen) atoms. The van der Waals surface area contributed by atoms with Crippen LogP contribution in [-0.2, 0) is 19.1 Å². The van der Waals surface area contributed by atoms with Gasteiger partial charge in [0.05, 0.1) is 11.6 Å². The van der Waals surface area contributed by atoms with Crippen LogP contribution in [0.4, 0.5) is 0 Å². The van der Waals surface area contributed by atoms with Gasteiger partial charge in [-0.3, -0.25) is 9.59 Å². The number of benzene rings is 1. The first kappa shape index (κ1) is 21.1. The van der Waals surface area contributed by atoms with Gasteiger partial charge in [0.25, 0.3) is 5.91 Å². The Labute approximate surface area is 155 Å². The maximum absolute atomic E-state index is 11.8. The largest absolute Gasteiger partial charge is 0.477 e. The zero-order valence-corrected chi connectivity index (χ0v) is 15.4. The van der Waals surface area contributed by atoms with E-state index < -0.39 is 24.6 Å². The normalized spacial score (nSPS) is 11.4. The maximum atomic E-state index is 11.8. The van der Waals surface area contributed by atoms with Crippen LogP contribution in [0.3, 0.4) is 0 Å². The molecule has 138 valence electrons. The van der Waals surface area contributed by atoms with Crippen LogP contribution in [-0.4, -0.2) is 43.6 Å². The quantitative estimate of drug-likeness (QED) is 0.628. The molecule has 1 aromatic rings. The second kappa shape index (κ2) is 10.8. The summed E-state index contributed by atoms with van der Waals surface area (Å²) in [5.41, 5.74) is 0. The van der Waals surface area contributed by atoms with E-state index in [1.165, 1.54) is 19.1 Å². The second-order valence-electron chi connectivity index (χ2n) is 5.07. The molecule has 0 aromatic heterocycles. The van der Waals surface area contributed by atoms with Gasteiger partial charge < -0.3 is 20.1 Å². The fraction of sp³-hybridized carbons (Fsp3) is 0.438. The molecular weight excluding hydrogens is 371 g/mol. The van der Waals surface area contributed by atoms with Crippen molar-refractivity contribution in [3.8, 4) is 5.75 Å². The number of carbonyl (C=O) groups excluding carboxylic acids is 3. The lowest BCUT2D eigenvalue weighted by Crippen LogP contribution is -2.39. The molecule has 0 heterocycles. The van der Waals surface area contributed by atoms with E-state index in [0.29, 0.717) is 11.6 Å². The van der Waals surface area contributed by atoms with Gasteiger partial charge >= 0.3 is 5.97 Å². The minimum absolute atomic E-state index is 0.178. The average Bonchev–Trinajstić information content (AvgIpc) is 2.58. The third-order valence-electron chi connectivity index (χ3n) is 2.89. The van der Waals surface area contributed by atoms with Crippen molar-refractivity contribution in [3.63, 3.8) is 0 Å². The predicted molar refractivity (Wildman–Crippen MR) is 93.8 cm³/mol. The lowest BCUT2D eigenvalue weighted by atomic mass is 10.3.